The quantitative estimate of drug-likeness (QED) is 0.803. The maximum Gasteiger partial charge on any atom is 0.246 e. The lowest BCUT2D eigenvalue weighted by atomic mass is 10.1. The third kappa shape index (κ3) is 3.20. The van der Waals surface area contributed by atoms with Gasteiger partial charge in [0, 0.05) is 16.1 Å². The number of benzene rings is 1. The molecule has 0 fully saturated rings. The molecule has 4 nitrogen and oxygen atoms in total. The van der Waals surface area contributed by atoms with Gasteiger partial charge in [-0.25, -0.2) is 0 Å². The molecule has 4 N–H and O–H groups in total. The van der Waals surface area contributed by atoms with E-state index in [9.17, 15) is 9.90 Å². The van der Waals surface area contributed by atoms with Crippen LogP contribution in [0.3, 0.4) is 0 Å². The zero-order valence-electron chi connectivity index (χ0n) is 10.5. The smallest absolute Gasteiger partial charge is 0.246 e. The van der Waals surface area contributed by atoms with Crippen LogP contribution in [0.4, 0.5) is 5.69 Å². The van der Waals surface area contributed by atoms with Crippen molar-refractivity contribution in [1.82, 2.24) is 0 Å². The molecule has 0 aliphatic heterocycles. The van der Waals surface area contributed by atoms with Crippen molar-refractivity contribution in [3.8, 4) is 0 Å². The number of aliphatic hydroxyl groups excluding tert-OH is 1. The fraction of sp³-hybridized carbons (Fsp3) is 0.214. The van der Waals surface area contributed by atoms with Gasteiger partial charge in [0.25, 0.3) is 0 Å². The highest BCUT2D eigenvalue weighted by Gasteiger charge is 2.18. The van der Waals surface area contributed by atoms with E-state index >= 15 is 0 Å². The van der Waals surface area contributed by atoms with Crippen molar-refractivity contribution in [3.05, 3.63) is 52.2 Å². The Morgan fingerprint density at radius 3 is 2.68 bits per heavy atom. The number of rotatable bonds is 4. The maximum absolute atomic E-state index is 12.1. The summed E-state index contributed by atoms with van der Waals surface area (Å²) in [6.07, 6.45) is -0.644. The largest absolute Gasteiger partial charge is 0.389 e. The third-order valence-electron chi connectivity index (χ3n) is 2.80. The highest BCUT2D eigenvalue weighted by Crippen LogP contribution is 2.24. The minimum Gasteiger partial charge on any atom is -0.389 e. The van der Waals surface area contributed by atoms with Crippen LogP contribution in [-0.2, 0) is 4.79 Å². The lowest BCUT2D eigenvalue weighted by Crippen LogP contribution is -2.27. The topological polar surface area (TPSA) is 75.3 Å². The van der Waals surface area contributed by atoms with Gasteiger partial charge in [0.05, 0.1) is 6.10 Å². The van der Waals surface area contributed by atoms with Gasteiger partial charge in [-0.3, -0.25) is 4.79 Å². The second kappa shape index (κ2) is 5.97. The molecule has 0 spiro atoms. The summed E-state index contributed by atoms with van der Waals surface area (Å²) >= 11 is 1.45. The second-order valence-corrected chi connectivity index (χ2v) is 5.22. The number of hydrogen-bond donors (Lipinski definition) is 3. The van der Waals surface area contributed by atoms with Crippen molar-refractivity contribution in [2.24, 2.45) is 5.73 Å². The summed E-state index contributed by atoms with van der Waals surface area (Å²) < 4.78 is 0. The number of carbonyl (C=O) groups is 1. The third-order valence-corrected chi connectivity index (χ3v) is 3.76. The number of amides is 1. The van der Waals surface area contributed by atoms with Gasteiger partial charge in [-0.1, -0.05) is 24.3 Å². The van der Waals surface area contributed by atoms with Gasteiger partial charge in [0.1, 0.15) is 6.04 Å². The lowest BCUT2D eigenvalue weighted by Gasteiger charge is -2.15. The summed E-state index contributed by atoms with van der Waals surface area (Å²) in [6.45, 7) is 1.66. The average Bonchev–Trinajstić information content (AvgIpc) is 2.92. The van der Waals surface area contributed by atoms with E-state index in [0.29, 0.717) is 11.3 Å². The fourth-order valence-corrected chi connectivity index (χ4v) is 2.51. The van der Waals surface area contributed by atoms with E-state index in [2.05, 4.69) is 5.32 Å². The Morgan fingerprint density at radius 2 is 2.05 bits per heavy atom. The number of hydrogen-bond acceptors (Lipinski definition) is 4. The zero-order chi connectivity index (χ0) is 13.8. The van der Waals surface area contributed by atoms with E-state index in [1.165, 1.54) is 11.3 Å². The minimum atomic E-state index is -0.693. The number of anilines is 1. The summed E-state index contributed by atoms with van der Waals surface area (Å²) in [4.78, 5) is 12.9. The number of carbonyl (C=O) groups excluding carboxylic acids is 1. The van der Waals surface area contributed by atoms with E-state index in [4.69, 9.17) is 5.73 Å². The molecule has 2 atom stereocenters. The maximum atomic E-state index is 12.1. The first-order valence-corrected chi connectivity index (χ1v) is 6.84. The molecule has 0 radical (unpaired) electrons. The SMILES string of the molecule is CC(O)c1ccccc1NC(=O)C(N)c1cccs1. The molecule has 19 heavy (non-hydrogen) atoms. The minimum absolute atomic E-state index is 0.282. The predicted molar refractivity (Wildman–Crippen MR) is 77.0 cm³/mol. The van der Waals surface area contributed by atoms with Crippen LogP contribution < -0.4 is 11.1 Å². The van der Waals surface area contributed by atoms with Gasteiger partial charge in [-0.2, -0.15) is 0 Å². The Balaban J connectivity index is 2.15. The van der Waals surface area contributed by atoms with Crippen LogP contribution in [0.15, 0.2) is 41.8 Å². The van der Waals surface area contributed by atoms with Crippen LogP contribution in [0, 0.1) is 0 Å². The number of thiophene rings is 1. The summed E-state index contributed by atoms with van der Waals surface area (Å²) in [5, 5.41) is 14.3. The number of nitrogens with one attached hydrogen (secondary N) is 1. The standard InChI is InChI=1S/C14H16N2O2S/c1-9(17)10-5-2-3-6-11(10)16-14(18)13(15)12-7-4-8-19-12/h2-9,13,17H,15H2,1H3,(H,16,18). The second-order valence-electron chi connectivity index (χ2n) is 4.25. The molecular formula is C14H16N2O2S. The van der Waals surface area contributed by atoms with Crippen LogP contribution in [-0.4, -0.2) is 11.0 Å². The first kappa shape index (κ1) is 13.7. The molecule has 0 saturated heterocycles. The molecule has 2 aromatic rings. The number of aliphatic hydroxyl groups is 1. The first-order valence-electron chi connectivity index (χ1n) is 5.96. The Hall–Kier alpha value is -1.69. The van der Waals surface area contributed by atoms with Gasteiger partial charge in [0.2, 0.25) is 5.91 Å². The first-order chi connectivity index (χ1) is 9.09. The Kier molecular flexibility index (Phi) is 4.31. The molecule has 1 aromatic heterocycles. The average molecular weight is 276 g/mol. The molecule has 0 aliphatic rings. The highest BCUT2D eigenvalue weighted by atomic mass is 32.1. The number of nitrogens with two attached hydrogens (primary N) is 1. The summed E-state index contributed by atoms with van der Waals surface area (Å²) in [5.74, 6) is -0.282. The van der Waals surface area contributed by atoms with E-state index in [-0.39, 0.29) is 5.91 Å². The van der Waals surface area contributed by atoms with Crippen molar-refractivity contribution in [1.29, 1.82) is 0 Å². The van der Waals surface area contributed by atoms with Crippen LogP contribution in [0.25, 0.3) is 0 Å². The Bertz CT molecular complexity index is 552. The van der Waals surface area contributed by atoms with Gasteiger partial charge in [0.15, 0.2) is 0 Å². The summed E-state index contributed by atoms with van der Waals surface area (Å²) in [6, 6.07) is 10.1. The van der Waals surface area contributed by atoms with E-state index in [1.807, 2.05) is 23.6 Å². The van der Waals surface area contributed by atoms with Gasteiger partial charge < -0.3 is 16.2 Å². The van der Waals surface area contributed by atoms with Crippen LogP contribution >= 0.6 is 11.3 Å². The summed E-state index contributed by atoms with van der Waals surface area (Å²) in [5.41, 5.74) is 7.16. The molecule has 100 valence electrons. The zero-order valence-corrected chi connectivity index (χ0v) is 11.4. The molecule has 1 heterocycles. The van der Waals surface area contributed by atoms with Gasteiger partial charge in [-0.05, 0) is 24.4 Å². The van der Waals surface area contributed by atoms with Gasteiger partial charge in [-0.15, -0.1) is 11.3 Å². The Labute approximate surface area is 115 Å². The van der Waals surface area contributed by atoms with E-state index < -0.39 is 12.1 Å². The molecule has 0 saturated carbocycles. The predicted octanol–water partition coefficient (Wildman–Crippen LogP) is 2.44. The van der Waals surface area contributed by atoms with Crippen LogP contribution in [0.2, 0.25) is 0 Å². The van der Waals surface area contributed by atoms with Crippen molar-refractivity contribution in [2.45, 2.75) is 19.1 Å². The molecule has 1 amide bonds. The summed E-state index contributed by atoms with van der Waals surface area (Å²) in [7, 11) is 0. The molecule has 0 bridgehead atoms. The monoisotopic (exact) mass is 276 g/mol. The lowest BCUT2D eigenvalue weighted by molar-refractivity contribution is -0.117. The normalized spacial score (nSPS) is 13.8. The molecule has 1 aromatic carbocycles. The van der Waals surface area contributed by atoms with Crippen molar-refractivity contribution in [2.75, 3.05) is 5.32 Å². The molecule has 2 unspecified atom stereocenters. The fourth-order valence-electron chi connectivity index (χ4n) is 1.78. The molecule has 2 rings (SSSR count). The van der Waals surface area contributed by atoms with Crippen LogP contribution in [0.1, 0.15) is 29.5 Å². The highest BCUT2D eigenvalue weighted by molar-refractivity contribution is 7.10. The van der Waals surface area contributed by atoms with Crippen molar-refractivity contribution >= 4 is 22.9 Å². The van der Waals surface area contributed by atoms with Crippen LogP contribution in [0.5, 0.6) is 0 Å². The van der Waals surface area contributed by atoms with Gasteiger partial charge >= 0.3 is 0 Å². The number of para-hydroxylation sites is 1. The van der Waals surface area contributed by atoms with E-state index in [0.717, 1.165) is 4.88 Å². The van der Waals surface area contributed by atoms with Crippen molar-refractivity contribution < 1.29 is 9.90 Å². The molecular weight excluding hydrogens is 260 g/mol. The molecule has 0 aliphatic carbocycles. The Morgan fingerprint density at radius 1 is 1.32 bits per heavy atom. The van der Waals surface area contributed by atoms with Crippen molar-refractivity contribution in [3.63, 3.8) is 0 Å². The molecule has 5 heteroatoms. The van der Waals surface area contributed by atoms with E-state index in [1.54, 1.807) is 25.1 Å².